The second kappa shape index (κ2) is 5.57. The molecule has 2 aliphatic rings. The van der Waals surface area contributed by atoms with Gasteiger partial charge in [-0.15, -0.1) is 0 Å². The van der Waals surface area contributed by atoms with Crippen LogP contribution in [0.3, 0.4) is 0 Å². The molecule has 0 unspecified atom stereocenters. The van der Waals surface area contributed by atoms with E-state index in [9.17, 15) is 10.1 Å². The van der Waals surface area contributed by atoms with Gasteiger partial charge in [0.25, 0.3) is 0 Å². The van der Waals surface area contributed by atoms with E-state index in [2.05, 4.69) is 23.0 Å². The van der Waals surface area contributed by atoms with Gasteiger partial charge in [-0.05, 0) is 36.5 Å². The molecule has 26 heavy (non-hydrogen) atoms. The molecule has 0 radical (unpaired) electrons. The Morgan fingerprint density at radius 2 is 2.04 bits per heavy atom. The number of nitrogens with zero attached hydrogens (tertiary/aromatic N) is 4. The van der Waals surface area contributed by atoms with Crippen molar-refractivity contribution in [2.75, 3.05) is 0 Å². The number of pyridine rings is 1. The normalized spacial score (nSPS) is 26.3. The molecule has 0 aromatic carbocycles. The van der Waals surface area contributed by atoms with Gasteiger partial charge in [0, 0.05) is 23.2 Å². The predicted octanol–water partition coefficient (Wildman–Crippen LogP) is 3.42. The summed E-state index contributed by atoms with van der Waals surface area (Å²) >= 11 is 0. The number of Topliss-reactive ketones (excluding diaryl/α,β-unsaturated/α-hetero) is 1. The second-order valence-corrected chi connectivity index (χ2v) is 7.88. The van der Waals surface area contributed by atoms with E-state index in [1.807, 2.05) is 44.3 Å². The highest BCUT2D eigenvalue weighted by Gasteiger charge is 2.54. The average Bonchev–Trinajstić information content (AvgIpc) is 2.65. The van der Waals surface area contributed by atoms with E-state index in [0.29, 0.717) is 5.82 Å². The van der Waals surface area contributed by atoms with Crippen LogP contribution >= 0.6 is 0 Å². The van der Waals surface area contributed by atoms with Gasteiger partial charge in [0.05, 0.1) is 11.3 Å². The Kier molecular flexibility index (Phi) is 3.55. The van der Waals surface area contributed by atoms with Crippen LogP contribution in [0.2, 0.25) is 0 Å². The maximum absolute atomic E-state index is 12.7. The van der Waals surface area contributed by atoms with Gasteiger partial charge >= 0.3 is 0 Å². The number of aromatic nitrogens is 3. The number of nitriles is 1. The molecule has 0 saturated heterocycles. The summed E-state index contributed by atoms with van der Waals surface area (Å²) in [5, 5.41) is 9.50. The van der Waals surface area contributed by atoms with Crippen molar-refractivity contribution < 1.29 is 4.79 Å². The van der Waals surface area contributed by atoms with Crippen LogP contribution in [-0.4, -0.2) is 20.7 Å². The summed E-state index contributed by atoms with van der Waals surface area (Å²) in [5.41, 5.74) is 1.89. The van der Waals surface area contributed by atoms with Crippen molar-refractivity contribution in [2.24, 2.45) is 11.3 Å². The molecule has 2 aromatic rings. The molecule has 2 aliphatic carbocycles. The molecule has 5 heteroatoms. The lowest BCUT2D eigenvalue weighted by atomic mass is 9.52. The van der Waals surface area contributed by atoms with Crippen molar-refractivity contribution in [2.45, 2.75) is 39.0 Å². The van der Waals surface area contributed by atoms with Gasteiger partial charge in [0.1, 0.15) is 11.8 Å². The average molecular weight is 344 g/mol. The Labute approximate surface area is 152 Å². The number of hydrogen-bond acceptors (Lipinski definition) is 5. The van der Waals surface area contributed by atoms with E-state index in [-0.39, 0.29) is 17.3 Å². The SMILES string of the molecule is CC1(C)C(=O)C(C#N)=C[C@]2(C)c3nc(-c4ccccn4)ncc3CC[C@@H]12. The molecule has 2 aromatic heterocycles. The van der Waals surface area contributed by atoms with Crippen LogP contribution in [-0.2, 0) is 16.6 Å². The highest BCUT2D eigenvalue weighted by Crippen LogP contribution is 2.54. The van der Waals surface area contributed by atoms with Crippen molar-refractivity contribution in [3.05, 3.63) is 53.5 Å². The van der Waals surface area contributed by atoms with Gasteiger partial charge in [0.2, 0.25) is 0 Å². The monoisotopic (exact) mass is 344 g/mol. The summed E-state index contributed by atoms with van der Waals surface area (Å²) < 4.78 is 0. The van der Waals surface area contributed by atoms with Crippen LogP contribution < -0.4 is 0 Å². The van der Waals surface area contributed by atoms with E-state index >= 15 is 0 Å². The lowest BCUT2D eigenvalue weighted by molar-refractivity contribution is -0.128. The minimum atomic E-state index is -0.595. The van der Waals surface area contributed by atoms with Gasteiger partial charge in [-0.3, -0.25) is 9.78 Å². The molecule has 0 spiro atoms. The first-order valence-electron chi connectivity index (χ1n) is 8.83. The zero-order valence-corrected chi connectivity index (χ0v) is 15.2. The molecule has 0 bridgehead atoms. The Morgan fingerprint density at radius 3 is 2.73 bits per heavy atom. The third kappa shape index (κ3) is 2.22. The molecule has 5 nitrogen and oxygen atoms in total. The fourth-order valence-corrected chi connectivity index (χ4v) is 4.67. The predicted molar refractivity (Wildman–Crippen MR) is 96.9 cm³/mol. The molecule has 0 fully saturated rings. The smallest absolute Gasteiger partial charge is 0.178 e. The maximum atomic E-state index is 12.7. The van der Waals surface area contributed by atoms with Gasteiger partial charge in [0.15, 0.2) is 11.6 Å². The third-order valence-electron chi connectivity index (χ3n) is 5.96. The number of rotatable bonds is 1. The van der Waals surface area contributed by atoms with Crippen LogP contribution in [0.25, 0.3) is 11.5 Å². The molecular formula is C21H20N4O. The molecule has 2 heterocycles. The van der Waals surface area contributed by atoms with Crippen LogP contribution in [0.15, 0.2) is 42.2 Å². The van der Waals surface area contributed by atoms with Crippen molar-refractivity contribution >= 4 is 5.78 Å². The highest BCUT2D eigenvalue weighted by atomic mass is 16.1. The fraction of sp³-hybridized carbons (Fsp3) is 0.381. The third-order valence-corrected chi connectivity index (χ3v) is 5.96. The minimum absolute atomic E-state index is 0.0649. The summed E-state index contributed by atoms with van der Waals surface area (Å²) in [5.74, 6) is 0.608. The first kappa shape index (κ1) is 16.6. The van der Waals surface area contributed by atoms with E-state index < -0.39 is 10.8 Å². The zero-order valence-electron chi connectivity index (χ0n) is 15.2. The van der Waals surface area contributed by atoms with Crippen molar-refractivity contribution in [1.82, 2.24) is 15.0 Å². The first-order valence-corrected chi connectivity index (χ1v) is 8.83. The van der Waals surface area contributed by atoms with Gasteiger partial charge in [-0.2, -0.15) is 5.26 Å². The summed E-state index contributed by atoms with van der Waals surface area (Å²) in [6.45, 7) is 6.00. The van der Waals surface area contributed by atoms with E-state index in [1.54, 1.807) is 6.20 Å². The first-order chi connectivity index (χ1) is 12.4. The van der Waals surface area contributed by atoms with Crippen LogP contribution in [0, 0.1) is 22.7 Å². The zero-order chi connectivity index (χ0) is 18.5. The van der Waals surface area contributed by atoms with Crippen LogP contribution in [0.5, 0.6) is 0 Å². The Bertz CT molecular complexity index is 971. The molecule has 2 atom stereocenters. The Hall–Kier alpha value is -2.87. The number of aryl methyl sites for hydroxylation is 1. The van der Waals surface area contributed by atoms with Crippen LogP contribution in [0.4, 0.5) is 0 Å². The van der Waals surface area contributed by atoms with Gasteiger partial charge < -0.3 is 0 Å². The number of fused-ring (bicyclic) bond motifs is 3. The number of ketones is 1. The molecule has 0 saturated carbocycles. The van der Waals surface area contributed by atoms with E-state index in [0.717, 1.165) is 29.8 Å². The summed E-state index contributed by atoms with van der Waals surface area (Å²) in [7, 11) is 0. The Balaban J connectivity index is 1.94. The summed E-state index contributed by atoms with van der Waals surface area (Å²) in [4.78, 5) is 26.4. The summed E-state index contributed by atoms with van der Waals surface area (Å²) in [6.07, 6.45) is 7.14. The number of carbonyl (C=O) groups excluding carboxylic acids is 1. The highest BCUT2D eigenvalue weighted by molar-refractivity contribution is 6.04. The fourth-order valence-electron chi connectivity index (χ4n) is 4.67. The number of carbonyl (C=O) groups is 1. The molecule has 0 N–H and O–H groups in total. The van der Waals surface area contributed by atoms with Gasteiger partial charge in [-0.25, -0.2) is 9.97 Å². The topological polar surface area (TPSA) is 79.5 Å². The molecule has 4 rings (SSSR count). The maximum Gasteiger partial charge on any atom is 0.178 e. The second-order valence-electron chi connectivity index (χ2n) is 7.88. The van der Waals surface area contributed by atoms with E-state index in [4.69, 9.17) is 4.98 Å². The molecule has 0 amide bonds. The minimum Gasteiger partial charge on any atom is -0.293 e. The molecular weight excluding hydrogens is 324 g/mol. The van der Waals surface area contributed by atoms with Crippen LogP contribution in [0.1, 0.15) is 38.4 Å². The van der Waals surface area contributed by atoms with Gasteiger partial charge in [-0.1, -0.05) is 32.9 Å². The van der Waals surface area contributed by atoms with Crippen molar-refractivity contribution in [1.29, 1.82) is 5.26 Å². The number of allylic oxidation sites excluding steroid dienone is 2. The number of hydrogen-bond donors (Lipinski definition) is 0. The van der Waals surface area contributed by atoms with Crippen molar-refractivity contribution in [3.63, 3.8) is 0 Å². The molecule has 0 aliphatic heterocycles. The van der Waals surface area contributed by atoms with Crippen molar-refractivity contribution in [3.8, 4) is 17.6 Å². The largest absolute Gasteiger partial charge is 0.293 e. The lowest BCUT2D eigenvalue weighted by Gasteiger charge is -2.50. The standard InChI is InChI=1S/C21H20N4O/c1-20(2)16-8-7-13-12-24-19(15-6-4-5-9-23-15)25-17(13)21(16,3)10-14(11-22)18(20)26/h4-6,9-10,12,16H,7-8H2,1-3H3/t16-,21-/m0/s1. The molecule has 130 valence electrons. The summed E-state index contributed by atoms with van der Waals surface area (Å²) in [6, 6.07) is 7.75. The quantitative estimate of drug-likeness (QED) is 0.792. The lowest BCUT2D eigenvalue weighted by Crippen LogP contribution is -2.51. The van der Waals surface area contributed by atoms with E-state index in [1.165, 1.54) is 0 Å². The Morgan fingerprint density at radius 1 is 1.23 bits per heavy atom.